The number of nitro groups is 1. The van der Waals surface area contributed by atoms with Crippen LogP contribution in [-0.4, -0.2) is 55.7 Å². The van der Waals surface area contributed by atoms with Crippen LogP contribution in [0.2, 0.25) is 0 Å². The van der Waals surface area contributed by atoms with Gasteiger partial charge in [0.15, 0.2) is 0 Å². The second-order valence-corrected chi connectivity index (χ2v) is 10.5. The van der Waals surface area contributed by atoms with Crippen LogP contribution in [-0.2, 0) is 16.2 Å². The zero-order valence-electron chi connectivity index (χ0n) is 19.3. The highest BCUT2D eigenvalue weighted by Gasteiger charge is 2.33. The fourth-order valence-electron chi connectivity index (χ4n) is 3.20. The number of nitrogens with zero attached hydrogens (tertiary/aromatic N) is 1. The van der Waals surface area contributed by atoms with Crippen LogP contribution < -0.4 is 0 Å². The normalized spacial score (nSPS) is 13.7. The first-order valence-electron chi connectivity index (χ1n) is 11.1. The van der Waals surface area contributed by atoms with Crippen LogP contribution >= 0.6 is 23.5 Å². The molecular formula is C26H27NO7S2. The summed E-state index contributed by atoms with van der Waals surface area (Å²) < 4.78 is 4.58. The second kappa shape index (κ2) is 14.0. The number of nitro benzene ring substituents is 1. The molecule has 190 valence electrons. The second-order valence-electron chi connectivity index (χ2n) is 7.91. The first-order chi connectivity index (χ1) is 17.3. The van der Waals surface area contributed by atoms with Gasteiger partial charge in [-0.05, 0) is 23.3 Å². The molecule has 0 aliphatic rings. The van der Waals surface area contributed by atoms with Crippen LogP contribution in [0.3, 0.4) is 0 Å². The highest BCUT2D eigenvalue weighted by atomic mass is 32.2. The van der Waals surface area contributed by atoms with Crippen molar-refractivity contribution in [3.05, 3.63) is 112 Å². The molecule has 3 N–H and O–H groups in total. The third-order valence-electron chi connectivity index (χ3n) is 5.24. The number of aliphatic hydroxyl groups is 3. The third-order valence-corrected chi connectivity index (χ3v) is 8.27. The summed E-state index contributed by atoms with van der Waals surface area (Å²) in [6.07, 6.45) is -4.40. The van der Waals surface area contributed by atoms with Crippen molar-refractivity contribution in [1.29, 1.82) is 0 Å². The number of rotatable bonds is 13. The summed E-state index contributed by atoms with van der Waals surface area (Å²) >= 11 is 2.90. The van der Waals surface area contributed by atoms with Crippen LogP contribution in [0.4, 0.5) is 5.69 Å². The van der Waals surface area contributed by atoms with Crippen LogP contribution in [0.25, 0.3) is 0 Å². The Hall–Kier alpha value is -2.89. The summed E-state index contributed by atoms with van der Waals surface area (Å²) in [7, 11) is 0. The molecule has 0 spiro atoms. The molecule has 0 aliphatic carbocycles. The first kappa shape index (κ1) is 27.7. The Morgan fingerprint density at radius 1 is 0.806 bits per heavy atom. The molecule has 10 heteroatoms. The van der Waals surface area contributed by atoms with E-state index in [9.17, 15) is 30.2 Å². The average Bonchev–Trinajstić information content (AvgIpc) is 2.92. The Morgan fingerprint density at radius 2 is 1.31 bits per heavy atom. The quantitative estimate of drug-likeness (QED) is 0.130. The van der Waals surface area contributed by atoms with Crippen molar-refractivity contribution in [3.63, 3.8) is 0 Å². The maximum absolute atomic E-state index is 12.2. The molecule has 3 aromatic carbocycles. The lowest BCUT2D eigenvalue weighted by Crippen LogP contribution is -2.44. The molecule has 3 unspecified atom stereocenters. The number of esters is 1. The number of ether oxygens (including phenoxy) is 1. The molecule has 0 aliphatic heterocycles. The summed E-state index contributed by atoms with van der Waals surface area (Å²) in [5.41, 5.74) is 2.02. The first-order valence-corrected chi connectivity index (χ1v) is 13.2. The predicted molar refractivity (Wildman–Crippen MR) is 141 cm³/mol. The number of aliphatic hydroxyl groups excluding tert-OH is 3. The van der Waals surface area contributed by atoms with Gasteiger partial charge in [0.25, 0.3) is 5.69 Å². The fourth-order valence-corrected chi connectivity index (χ4v) is 5.81. The van der Waals surface area contributed by atoms with Gasteiger partial charge in [-0.1, -0.05) is 60.7 Å². The van der Waals surface area contributed by atoms with Crippen molar-refractivity contribution in [3.8, 4) is 0 Å². The molecule has 3 rings (SSSR count). The van der Waals surface area contributed by atoms with Crippen molar-refractivity contribution < 1.29 is 29.8 Å². The van der Waals surface area contributed by atoms with Crippen molar-refractivity contribution in [2.75, 3.05) is 6.61 Å². The van der Waals surface area contributed by atoms with Crippen molar-refractivity contribution in [2.24, 2.45) is 0 Å². The maximum atomic E-state index is 12.2. The number of benzene rings is 3. The molecule has 0 saturated heterocycles. The molecule has 36 heavy (non-hydrogen) atoms. The van der Waals surface area contributed by atoms with Gasteiger partial charge in [0.05, 0.1) is 15.1 Å². The lowest BCUT2D eigenvalue weighted by molar-refractivity contribution is -0.384. The van der Waals surface area contributed by atoms with Gasteiger partial charge in [0.1, 0.15) is 24.9 Å². The van der Waals surface area contributed by atoms with Crippen LogP contribution in [0.5, 0.6) is 0 Å². The van der Waals surface area contributed by atoms with E-state index in [-0.39, 0.29) is 11.3 Å². The molecule has 8 nitrogen and oxygen atoms in total. The van der Waals surface area contributed by atoms with E-state index in [0.717, 1.165) is 11.1 Å². The molecule has 0 fully saturated rings. The van der Waals surface area contributed by atoms with E-state index in [4.69, 9.17) is 4.74 Å². The Morgan fingerprint density at radius 3 is 1.78 bits per heavy atom. The van der Waals surface area contributed by atoms with E-state index in [0.29, 0.717) is 11.5 Å². The van der Waals surface area contributed by atoms with Gasteiger partial charge in [-0.2, -0.15) is 0 Å². The standard InChI is InChI=1S/C26H27NO7S2/c28-22(15-34-25(31)20-11-13-21(14-12-20)27(32)33)23(29)24(30)26(35-16-18-7-3-1-4-8-18)36-17-19-9-5-2-6-10-19/h1-14,22-24,26,28-30H,15-17H2. The average molecular weight is 530 g/mol. The maximum Gasteiger partial charge on any atom is 0.338 e. The summed E-state index contributed by atoms with van der Waals surface area (Å²) in [5, 5.41) is 42.7. The van der Waals surface area contributed by atoms with E-state index < -0.39 is 40.4 Å². The van der Waals surface area contributed by atoms with E-state index in [1.54, 1.807) is 0 Å². The highest BCUT2D eigenvalue weighted by molar-refractivity contribution is 8.16. The Balaban J connectivity index is 1.59. The Bertz CT molecular complexity index is 1060. The number of hydrogen-bond donors (Lipinski definition) is 3. The number of thioether (sulfide) groups is 2. The van der Waals surface area contributed by atoms with Crippen LogP contribution in [0.1, 0.15) is 21.5 Å². The fraction of sp³-hybridized carbons (Fsp3) is 0.269. The summed E-state index contributed by atoms with van der Waals surface area (Å²) in [6.45, 7) is -0.548. The number of carbonyl (C=O) groups excluding carboxylic acids is 1. The molecule has 0 saturated carbocycles. The van der Waals surface area contributed by atoms with Crippen LogP contribution in [0, 0.1) is 10.1 Å². The SMILES string of the molecule is O=C(OCC(O)C(O)C(O)C(SCc1ccccc1)SCc1ccccc1)c1ccc([N+](=O)[O-])cc1. The lowest BCUT2D eigenvalue weighted by Gasteiger charge is -2.29. The Labute approximate surface area is 217 Å². The van der Waals surface area contributed by atoms with Crippen molar-refractivity contribution in [2.45, 2.75) is 34.4 Å². The van der Waals surface area contributed by atoms with Gasteiger partial charge in [-0.3, -0.25) is 10.1 Å². The molecule has 3 aromatic rings. The minimum atomic E-state index is -1.56. The zero-order valence-corrected chi connectivity index (χ0v) is 20.9. The smallest absolute Gasteiger partial charge is 0.338 e. The van der Waals surface area contributed by atoms with E-state index in [1.165, 1.54) is 47.8 Å². The van der Waals surface area contributed by atoms with Gasteiger partial charge in [-0.25, -0.2) is 4.79 Å². The predicted octanol–water partition coefficient (Wildman–Crippen LogP) is 4.03. The molecular weight excluding hydrogens is 502 g/mol. The lowest BCUT2D eigenvalue weighted by atomic mass is 10.1. The number of non-ortho nitro benzene ring substituents is 1. The van der Waals surface area contributed by atoms with Crippen molar-refractivity contribution in [1.82, 2.24) is 0 Å². The van der Waals surface area contributed by atoms with Gasteiger partial charge in [0, 0.05) is 23.6 Å². The van der Waals surface area contributed by atoms with Crippen LogP contribution in [0.15, 0.2) is 84.9 Å². The molecule has 0 radical (unpaired) electrons. The van der Waals surface area contributed by atoms with Gasteiger partial charge < -0.3 is 20.1 Å². The largest absolute Gasteiger partial charge is 0.459 e. The van der Waals surface area contributed by atoms with E-state index in [2.05, 4.69) is 0 Å². The van der Waals surface area contributed by atoms with Gasteiger partial charge in [-0.15, -0.1) is 23.5 Å². The topological polar surface area (TPSA) is 130 Å². The highest BCUT2D eigenvalue weighted by Crippen LogP contribution is 2.34. The minimum Gasteiger partial charge on any atom is -0.459 e. The van der Waals surface area contributed by atoms with E-state index >= 15 is 0 Å². The molecule has 0 heterocycles. The van der Waals surface area contributed by atoms with Gasteiger partial charge in [0.2, 0.25) is 0 Å². The monoisotopic (exact) mass is 529 g/mol. The van der Waals surface area contributed by atoms with Gasteiger partial charge >= 0.3 is 5.97 Å². The summed E-state index contributed by atoms with van der Waals surface area (Å²) in [6, 6.07) is 24.3. The zero-order chi connectivity index (χ0) is 25.9. The molecule has 0 amide bonds. The number of hydrogen-bond acceptors (Lipinski definition) is 9. The summed E-state index contributed by atoms with van der Waals surface area (Å²) in [4.78, 5) is 22.4. The molecule has 0 aromatic heterocycles. The van der Waals surface area contributed by atoms with Crippen molar-refractivity contribution >= 4 is 35.2 Å². The number of carbonyl (C=O) groups is 1. The minimum absolute atomic E-state index is 0.0672. The van der Waals surface area contributed by atoms with E-state index in [1.807, 2.05) is 60.7 Å². The third kappa shape index (κ3) is 8.35. The summed E-state index contributed by atoms with van der Waals surface area (Å²) in [5.74, 6) is 0.393. The molecule has 0 bridgehead atoms. The Kier molecular flexibility index (Phi) is 10.8. The molecule has 3 atom stereocenters.